The summed E-state index contributed by atoms with van der Waals surface area (Å²) in [7, 11) is 0. The van der Waals surface area contributed by atoms with Gasteiger partial charge in [-0.1, -0.05) is 43.1 Å². The van der Waals surface area contributed by atoms with Gasteiger partial charge in [0.25, 0.3) is 0 Å². The Balaban J connectivity index is 1.92. The van der Waals surface area contributed by atoms with Gasteiger partial charge in [-0.2, -0.15) is 5.26 Å². The predicted molar refractivity (Wildman–Crippen MR) is 113 cm³/mol. The van der Waals surface area contributed by atoms with E-state index in [0.717, 1.165) is 29.1 Å². The molecular weight excluding hydrogens is 393 g/mol. The number of hydrogen-bond donors (Lipinski definition) is 2. The fourth-order valence-corrected chi connectivity index (χ4v) is 4.50. The maximum Gasteiger partial charge on any atom is 0.163 e. The molecule has 2 aliphatic rings. The van der Waals surface area contributed by atoms with E-state index in [1.54, 1.807) is 24.3 Å². The minimum absolute atomic E-state index is 0.0931. The number of nitriles is 1. The number of nitrogens with one attached hydrogen (secondary N) is 2. The number of anilines is 2. The van der Waals surface area contributed by atoms with Crippen molar-refractivity contribution < 1.29 is 4.79 Å². The van der Waals surface area contributed by atoms with Gasteiger partial charge in [0.1, 0.15) is 0 Å². The third-order valence-electron chi connectivity index (χ3n) is 5.22. The number of allylic oxidation sites excluding steroid dienone is 1. The molecule has 6 heteroatoms. The number of nitrogens with zero attached hydrogens (tertiary/aromatic N) is 1. The molecule has 0 bridgehead atoms. The summed E-state index contributed by atoms with van der Waals surface area (Å²) in [6, 6.07) is 12.5. The average molecular weight is 412 g/mol. The van der Waals surface area contributed by atoms with E-state index in [2.05, 4.69) is 30.6 Å². The normalized spacial score (nSPS) is 20.2. The summed E-state index contributed by atoms with van der Waals surface area (Å²) in [5.74, 6) is 0.0931. The first-order chi connectivity index (χ1) is 13.3. The fourth-order valence-electron chi connectivity index (χ4n) is 3.98. The molecule has 1 heterocycles. The number of fused-ring (bicyclic) bond motifs is 1. The van der Waals surface area contributed by atoms with Crippen LogP contribution in [0.2, 0.25) is 10.0 Å². The summed E-state index contributed by atoms with van der Waals surface area (Å²) in [6.07, 6.45) is 1.20. The number of Topliss-reactive ketones (excluding diaryl/α,β-unsaturated/α-hetero) is 1. The summed E-state index contributed by atoms with van der Waals surface area (Å²) in [4.78, 5) is 13.2. The van der Waals surface area contributed by atoms with Crippen LogP contribution in [0.3, 0.4) is 0 Å². The SMILES string of the molecule is CC1(C)CC(=O)C2=C(C1)Nc1cc(C#N)ccc1NC2c1ccc(Cl)cc1Cl. The Morgan fingerprint density at radius 2 is 1.89 bits per heavy atom. The van der Waals surface area contributed by atoms with Crippen molar-refractivity contribution in [3.63, 3.8) is 0 Å². The van der Waals surface area contributed by atoms with Crippen LogP contribution in [0, 0.1) is 16.7 Å². The number of carbonyl (C=O) groups is 1. The van der Waals surface area contributed by atoms with E-state index in [0.29, 0.717) is 27.6 Å². The maximum atomic E-state index is 13.2. The van der Waals surface area contributed by atoms with Gasteiger partial charge in [0, 0.05) is 27.7 Å². The van der Waals surface area contributed by atoms with Crippen molar-refractivity contribution in [3.8, 4) is 6.07 Å². The number of hydrogen-bond acceptors (Lipinski definition) is 4. The molecule has 4 rings (SSSR count). The Labute approximate surface area is 174 Å². The number of rotatable bonds is 1. The fraction of sp³-hybridized carbons (Fsp3) is 0.273. The molecule has 0 spiro atoms. The summed E-state index contributed by atoms with van der Waals surface area (Å²) >= 11 is 12.6. The zero-order valence-corrected chi connectivity index (χ0v) is 17.1. The first-order valence-corrected chi connectivity index (χ1v) is 9.82. The number of carbonyl (C=O) groups excluding carboxylic acids is 1. The van der Waals surface area contributed by atoms with Crippen molar-refractivity contribution in [1.29, 1.82) is 5.26 Å². The summed E-state index contributed by atoms with van der Waals surface area (Å²) in [6.45, 7) is 4.18. The third-order valence-corrected chi connectivity index (χ3v) is 5.78. The summed E-state index contributed by atoms with van der Waals surface area (Å²) in [5, 5.41) is 17.2. The van der Waals surface area contributed by atoms with Crippen LogP contribution in [-0.2, 0) is 4.79 Å². The molecule has 28 heavy (non-hydrogen) atoms. The first kappa shape index (κ1) is 18.9. The second-order valence-corrected chi connectivity index (χ2v) is 8.92. The van der Waals surface area contributed by atoms with Crippen LogP contribution in [0.1, 0.15) is 43.9 Å². The van der Waals surface area contributed by atoms with E-state index < -0.39 is 6.04 Å². The smallest absolute Gasteiger partial charge is 0.163 e. The molecule has 0 saturated heterocycles. The van der Waals surface area contributed by atoms with E-state index in [1.807, 2.05) is 12.1 Å². The Kier molecular flexibility index (Phi) is 4.61. The van der Waals surface area contributed by atoms with Crippen molar-refractivity contribution in [1.82, 2.24) is 0 Å². The number of benzene rings is 2. The van der Waals surface area contributed by atoms with Gasteiger partial charge in [-0.25, -0.2) is 0 Å². The highest BCUT2D eigenvalue weighted by Crippen LogP contribution is 2.46. The van der Waals surface area contributed by atoms with Gasteiger partial charge in [0.05, 0.1) is 29.0 Å². The Morgan fingerprint density at radius 3 is 2.61 bits per heavy atom. The van der Waals surface area contributed by atoms with E-state index in [9.17, 15) is 10.1 Å². The number of halogens is 2. The van der Waals surface area contributed by atoms with E-state index in [-0.39, 0.29) is 11.2 Å². The predicted octanol–water partition coefficient (Wildman–Crippen LogP) is 6.09. The minimum Gasteiger partial charge on any atom is -0.372 e. The van der Waals surface area contributed by atoms with Crippen molar-refractivity contribution in [2.24, 2.45) is 5.41 Å². The van der Waals surface area contributed by atoms with Gasteiger partial charge in [0.15, 0.2) is 5.78 Å². The molecule has 0 aromatic heterocycles. The van der Waals surface area contributed by atoms with Gasteiger partial charge in [0.2, 0.25) is 0 Å². The Morgan fingerprint density at radius 1 is 1.11 bits per heavy atom. The van der Waals surface area contributed by atoms with E-state index in [4.69, 9.17) is 23.2 Å². The molecule has 0 radical (unpaired) electrons. The van der Waals surface area contributed by atoms with Crippen LogP contribution < -0.4 is 10.6 Å². The van der Waals surface area contributed by atoms with Crippen LogP contribution in [-0.4, -0.2) is 5.78 Å². The quantitative estimate of drug-likeness (QED) is 0.595. The first-order valence-electron chi connectivity index (χ1n) is 9.06. The molecule has 0 saturated carbocycles. The highest BCUT2D eigenvalue weighted by molar-refractivity contribution is 6.35. The van der Waals surface area contributed by atoms with Gasteiger partial charge in [-0.15, -0.1) is 0 Å². The van der Waals surface area contributed by atoms with Crippen molar-refractivity contribution >= 4 is 40.4 Å². The summed E-state index contributed by atoms with van der Waals surface area (Å²) in [5.41, 5.74) is 4.37. The molecule has 0 fully saturated rings. The second kappa shape index (κ2) is 6.84. The molecule has 1 atom stereocenters. The van der Waals surface area contributed by atoms with Crippen LogP contribution in [0.15, 0.2) is 47.7 Å². The lowest BCUT2D eigenvalue weighted by Crippen LogP contribution is -2.31. The zero-order valence-electron chi connectivity index (χ0n) is 15.6. The molecule has 2 aromatic rings. The molecule has 0 amide bonds. The minimum atomic E-state index is -0.398. The zero-order chi connectivity index (χ0) is 20.1. The molecule has 4 nitrogen and oxygen atoms in total. The second-order valence-electron chi connectivity index (χ2n) is 8.07. The Bertz CT molecular complexity index is 1070. The highest BCUT2D eigenvalue weighted by atomic mass is 35.5. The largest absolute Gasteiger partial charge is 0.372 e. The van der Waals surface area contributed by atoms with E-state index in [1.165, 1.54) is 0 Å². The highest BCUT2D eigenvalue weighted by Gasteiger charge is 2.39. The van der Waals surface area contributed by atoms with Crippen LogP contribution >= 0.6 is 23.2 Å². The molecule has 1 aliphatic carbocycles. The monoisotopic (exact) mass is 411 g/mol. The summed E-state index contributed by atoms with van der Waals surface area (Å²) < 4.78 is 0. The van der Waals surface area contributed by atoms with Crippen molar-refractivity contribution in [3.05, 3.63) is 68.8 Å². The molecular formula is C22H19Cl2N3O. The standard InChI is InChI=1S/C22H19Cl2N3O/c1-22(2)9-18-20(19(28)10-22)21(14-5-4-13(23)8-15(14)24)27-16-6-3-12(11-25)7-17(16)26-18/h3-8,21,26-27H,9-10H2,1-2H3. The lowest BCUT2D eigenvalue weighted by Gasteiger charge is -2.34. The maximum absolute atomic E-state index is 13.2. The lowest BCUT2D eigenvalue weighted by molar-refractivity contribution is -0.118. The van der Waals surface area contributed by atoms with Crippen molar-refractivity contribution in [2.45, 2.75) is 32.7 Å². The van der Waals surface area contributed by atoms with Gasteiger partial charge in [-0.05, 0) is 47.7 Å². The third kappa shape index (κ3) is 3.37. The molecule has 142 valence electrons. The lowest BCUT2D eigenvalue weighted by atomic mass is 9.73. The van der Waals surface area contributed by atoms with Gasteiger partial charge in [-0.3, -0.25) is 4.79 Å². The van der Waals surface area contributed by atoms with Crippen LogP contribution in [0.25, 0.3) is 0 Å². The van der Waals surface area contributed by atoms with E-state index >= 15 is 0 Å². The molecule has 1 unspecified atom stereocenters. The molecule has 1 aliphatic heterocycles. The average Bonchev–Trinajstić information content (AvgIpc) is 2.76. The van der Waals surface area contributed by atoms with Crippen molar-refractivity contribution in [2.75, 3.05) is 10.6 Å². The van der Waals surface area contributed by atoms with Crippen LogP contribution in [0.5, 0.6) is 0 Å². The molecule has 2 aromatic carbocycles. The molecule has 2 N–H and O–H groups in total. The van der Waals surface area contributed by atoms with Crippen LogP contribution in [0.4, 0.5) is 11.4 Å². The Hall–Kier alpha value is -2.48. The van der Waals surface area contributed by atoms with Gasteiger partial charge >= 0.3 is 0 Å². The topological polar surface area (TPSA) is 64.9 Å². The van der Waals surface area contributed by atoms with Gasteiger partial charge < -0.3 is 10.6 Å². The number of ketones is 1.